The standard InChI is InChI=1S/C23H21N3O2/c1-14-9-10-19(21(11-14)28-4)22-16(3)25-26-20(12-15(2)24-23(22)26)18-8-6-5-7-17(18)13-27/h5-13H,1-4H3. The average Bonchev–Trinajstić information content (AvgIpc) is 3.02. The Hall–Kier alpha value is -3.47. The number of aromatic nitrogens is 3. The van der Waals surface area contributed by atoms with Crippen LogP contribution in [0.1, 0.15) is 27.3 Å². The van der Waals surface area contributed by atoms with Crippen molar-refractivity contribution in [3.63, 3.8) is 0 Å². The number of ether oxygens (including phenoxy) is 1. The maximum atomic E-state index is 11.6. The van der Waals surface area contributed by atoms with Crippen LogP contribution in [-0.2, 0) is 0 Å². The summed E-state index contributed by atoms with van der Waals surface area (Å²) in [4.78, 5) is 16.3. The molecule has 5 heteroatoms. The first-order chi connectivity index (χ1) is 13.5. The molecule has 0 aliphatic rings. The Labute approximate surface area is 163 Å². The van der Waals surface area contributed by atoms with Crippen molar-refractivity contribution in [1.29, 1.82) is 0 Å². The van der Waals surface area contributed by atoms with Crippen LogP contribution in [0.25, 0.3) is 28.0 Å². The molecule has 5 nitrogen and oxygen atoms in total. The number of benzene rings is 2. The minimum absolute atomic E-state index is 0.622. The van der Waals surface area contributed by atoms with E-state index in [-0.39, 0.29) is 0 Å². The van der Waals surface area contributed by atoms with Gasteiger partial charge in [0.15, 0.2) is 11.9 Å². The minimum atomic E-state index is 0.622. The van der Waals surface area contributed by atoms with E-state index in [0.29, 0.717) is 5.56 Å². The largest absolute Gasteiger partial charge is 0.496 e. The maximum Gasteiger partial charge on any atom is 0.164 e. The molecule has 140 valence electrons. The lowest BCUT2D eigenvalue weighted by Crippen LogP contribution is -2.00. The Bertz CT molecular complexity index is 1210. The molecule has 2 aromatic heterocycles. The summed E-state index contributed by atoms with van der Waals surface area (Å²) < 4.78 is 7.44. The van der Waals surface area contributed by atoms with Crippen LogP contribution in [-0.4, -0.2) is 28.0 Å². The highest BCUT2D eigenvalue weighted by Gasteiger charge is 2.20. The molecule has 0 aliphatic heterocycles. The van der Waals surface area contributed by atoms with Crippen LogP contribution in [0.2, 0.25) is 0 Å². The predicted octanol–water partition coefficient (Wildman–Crippen LogP) is 4.81. The van der Waals surface area contributed by atoms with Gasteiger partial charge in [-0.3, -0.25) is 4.79 Å². The summed E-state index contributed by atoms with van der Waals surface area (Å²) in [5.41, 5.74) is 7.76. The Morgan fingerprint density at radius 1 is 1.00 bits per heavy atom. The highest BCUT2D eigenvalue weighted by molar-refractivity contribution is 5.89. The number of aldehydes is 1. The van der Waals surface area contributed by atoms with E-state index in [9.17, 15) is 4.79 Å². The molecule has 4 rings (SSSR count). The number of aryl methyl sites for hydroxylation is 3. The zero-order valence-electron chi connectivity index (χ0n) is 16.4. The van der Waals surface area contributed by atoms with Crippen molar-refractivity contribution >= 4 is 11.9 Å². The Kier molecular flexibility index (Phi) is 4.43. The number of methoxy groups -OCH3 is 1. The van der Waals surface area contributed by atoms with E-state index in [1.54, 1.807) is 7.11 Å². The Balaban J connectivity index is 2.06. The van der Waals surface area contributed by atoms with Crippen molar-refractivity contribution in [3.8, 4) is 28.1 Å². The highest BCUT2D eigenvalue weighted by Crippen LogP contribution is 2.37. The summed E-state index contributed by atoms with van der Waals surface area (Å²) in [6.07, 6.45) is 0.872. The van der Waals surface area contributed by atoms with Crippen LogP contribution < -0.4 is 4.74 Å². The van der Waals surface area contributed by atoms with Crippen molar-refractivity contribution in [2.75, 3.05) is 7.11 Å². The number of carbonyl (C=O) groups is 1. The summed E-state index contributed by atoms with van der Waals surface area (Å²) in [6.45, 7) is 5.95. The highest BCUT2D eigenvalue weighted by atomic mass is 16.5. The van der Waals surface area contributed by atoms with Crippen molar-refractivity contribution < 1.29 is 9.53 Å². The molecule has 0 spiro atoms. The van der Waals surface area contributed by atoms with Crippen LogP contribution in [0, 0.1) is 20.8 Å². The molecule has 0 saturated carbocycles. The van der Waals surface area contributed by atoms with E-state index in [1.165, 1.54) is 0 Å². The van der Waals surface area contributed by atoms with E-state index in [4.69, 9.17) is 14.8 Å². The SMILES string of the molecule is COc1cc(C)ccc1-c1c(C)nn2c(-c3ccccc3C=O)cc(C)nc12. The third-order valence-corrected chi connectivity index (χ3v) is 4.88. The van der Waals surface area contributed by atoms with Gasteiger partial charge in [0.1, 0.15) is 5.75 Å². The van der Waals surface area contributed by atoms with Gasteiger partial charge in [-0.2, -0.15) is 5.10 Å². The zero-order chi connectivity index (χ0) is 19.8. The molecule has 0 radical (unpaired) electrons. The zero-order valence-corrected chi connectivity index (χ0v) is 16.4. The van der Waals surface area contributed by atoms with E-state index in [1.807, 2.05) is 67.8 Å². The van der Waals surface area contributed by atoms with Gasteiger partial charge >= 0.3 is 0 Å². The lowest BCUT2D eigenvalue weighted by Gasteiger charge is -2.11. The number of hydrogen-bond donors (Lipinski definition) is 0. The van der Waals surface area contributed by atoms with Gasteiger partial charge in [-0.1, -0.05) is 36.4 Å². The second kappa shape index (κ2) is 6.93. The maximum absolute atomic E-state index is 11.6. The number of hydrogen-bond acceptors (Lipinski definition) is 4. The normalized spacial score (nSPS) is 11.0. The number of carbonyl (C=O) groups excluding carboxylic acids is 1. The van der Waals surface area contributed by atoms with Gasteiger partial charge in [0.05, 0.1) is 24.1 Å². The first-order valence-corrected chi connectivity index (χ1v) is 9.10. The van der Waals surface area contributed by atoms with E-state index in [2.05, 4.69) is 6.07 Å². The first kappa shape index (κ1) is 17.9. The molecule has 28 heavy (non-hydrogen) atoms. The molecule has 4 aromatic rings. The average molecular weight is 371 g/mol. The van der Waals surface area contributed by atoms with E-state index in [0.717, 1.165) is 57.0 Å². The molecule has 0 N–H and O–H groups in total. The summed E-state index contributed by atoms with van der Waals surface area (Å²) in [7, 11) is 1.67. The van der Waals surface area contributed by atoms with Gasteiger partial charge in [-0.25, -0.2) is 9.50 Å². The van der Waals surface area contributed by atoms with Gasteiger partial charge in [0.2, 0.25) is 0 Å². The molecule has 2 heterocycles. The van der Waals surface area contributed by atoms with E-state index < -0.39 is 0 Å². The molecule has 0 aliphatic carbocycles. The number of fused-ring (bicyclic) bond motifs is 1. The van der Waals surface area contributed by atoms with Gasteiger partial charge < -0.3 is 4.74 Å². The van der Waals surface area contributed by atoms with Gasteiger partial charge in [0, 0.05) is 22.4 Å². The minimum Gasteiger partial charge on any atom is -0.496 e. The molecule has 0 bridgehead atoms. The Morgan fingerprint density at radius 2 is 1.79 bits per heavy atom. The molecule has 0 saturated heterocycles. The fraction of sp³-hybridized carbons (Fsp3) is 0.174. The van der Waals surface area contributed by atoms with E-state index >= 15 is 0 Å². The monoisotopic (exact) mass is 371 g/mol. The Morgan fingerprint density at radius 3 is 2.54 bits per heavy atom. The van der Waals surface area contributed by atoms with Crippen LogP contribution in [0.15, 0.2) is 48.5 Å². The summed E-state index contributed by atoms with van der Waals surface area (Å²) in [5.74, 6) is 0.788. The summed E-state index contributed by atoms with van der Waals surface area (Å²) >= 11 is 0. The van der Waals surface area contributed by atoms with Gasteiger partial charge in [-0.15, -0.1) is 0 Å². The van der Waals surface area contributed by atoms with Gasteiger partial charge in [-0.05, 0) is 38.5 Å². The van der Waals surface area contributed by atoms with Crippen molar-refractivity contribution in [1.82, 2.24) is 14.6 Å². The molecular weight excluding hydrogens is 350 g/mol. The third kappa shape index (κ3) is 2.85. The van der Waals surface area contributed by atoms with Crippen LogP contribution in [0.4, 0.5) is 0 Å². The van der Waals surface area contributed by atoms with Crippen LogP contribution >= 0.6 is 0 Å². The second-order valence-electron chi connectivity index (χ2n) is 6.89. The first-order valence-electron chi connectivity index (χ1n) is 9.10. The summed E-state index contributed by atoms with van der Waals surface area (Å²) in [6, 6.07) is 15.6. The fourth-order valence-electron chi connectivity index (χ4n) is 3.59. The topological polar surface area (TPSA) is 56.5 Å². The number of nitrogens with zero attached hydrogens (tertiary/aromatic N) is 3. The third-order valence-electron chi connectivity index (χ3n) is 4.88. The molecule has 0 fully saturated rings. The van der Waals surface area contributed by atoms with Crippen molar-refractivity contribution in [3.05, 3.63) is 71.0 Å². The molecule has 2 aromatic carbocycles. The molecule has 0 atom stereocenters. The molecular formula is C23H21N3O2. The van der Waals surface area contributed by atoms with Gasteiger partial charge in [0.25, 0.3) is 0 Å². The lowest BCUT2D eigenvalue weighted by molar-refractivity contribution is 0.112. The van der Waals surface area contributed by atoms with Crippen molar-refractivity contribution in [2.24, 2.45) is 0 Å². The molecule has 0 amide bonds. The molecule has 0 unspecified atom stereocenters. The second-order valence-corrected chi connectivity index (χ2v) is 6.89. The lowest BCUT2D eigenvalue weighted by atomic mass is 10.0. The number of rotatable bonds is 4. The summed E-state index contributed by atoms with van der Waals surface area (Å²) in [5, 5.41) is 4.76. The fourth-order valence-corrected chi connectivity index (χ4v) is 3.59. The van der Waals surface area contributed by atoms with Crippen LogP contribution in [0.5, 0.6) is 5.75 Å². The quantitative estimate of drug-likeness (QED) is 0.483. The van der Waals surface area contributed by atoms with Crippen molar-refractivity contribution in [2.45, 2.75) is 20.8 Å². The predicted molar refractivity (Wildman–Crippen MR) is 110 cm³/mol. The smallest absolute Gasteiger partial charge is 0.164 e. The van der Waals surface area contributed by atoms with Crippen LogP contribution in [0.3, 0.4) is 0 Å².